The van der Waals surface area contributed by atoms with Gasteiger partial charge in [-0.3, -0.25) is 0 Å². The number of hydrogen-bond acceptors (Lipinski definition) is 1. The molecular weight excluding hydrogens is 447 g/mol. The molecule has 0 heterocycles. The Balaban J connectivity index is 1.71. The van der Waals surface area contributed by atoms with E-state index in [0.717, 1.165) is 19.3 Å². The van der Waals surface area contributed by atoms with Gasteiger partial charge in [0.2, 0.25) is 0 Å². The predicted octanol–water partition coefficient (Wildman–Crippen LogP) is 9.11. The van der Waals surface area contributed by atoms with Crippen molar-refractivity contribution in [1.29, 1.82) is 0 Å². The Morgan fingerprint density at radius 1 is 0.871 bits per heavy atom. The Labute approximate surface area is 203 Å². The Morgan fingerprint density at radius 3 is 2.10 bits per heavy atom. The van der Waals surface area contributed by atoms with E-state index >= 15 is 0 Å². The molecule has 0 radical (unpaired) electrons. The van der Waals surface area contributed by atoms with Crippen molar-refractivity contribution in [3.8, 4) is 0 Å². The van der Waals surface area contributed by atoms with Gasteiger partial charge in [0.05, 0.1) is 12.7 Å². The van der Waals surface area contributed by atoms with E-state index in [2.05, 4.69) is 67.6 Å². The second-order valence-corrected chi connectivity index (χ2v) is 11.9. The molecular formula is C27H35Cl3O. The topological polar surface area (TPSA) is 9.23 Å². The molecule has 3 rings (SSSR count). The third-order valence-corrected chi connectivity index (χ3v) is 7.46. The van der Waals surface area contributed by atoms with E-state index in [9.17, 15) is 0 Å². The summed E-state index contributed by atoms with van der Waals surface area (Å²) < 4.78 is 5.50. The molecule has 2 atom stereocenters. The SMILES string of the molecule is CC(CCC(Cl)(Cl)Cl)(COC(CCc1ccccc1)c1ccccc1)C1CCCCC1. The molecule has 0 N–H and O–H groups in total. The predicted molar refractivity (Wildman–Crippen MR) is 134 cm³/mol. The van der Waals surface area contributed by atoms with Gasteiger partial charge in [-0.15, -0.1) is 0 Å². The molecule has 31 heavy (non-hydrogen) atoms. The molecule has 0 spiro atoms. The van der Waals surface area contributed by atoms with Crippen molar-refractivity contribution >= 4 is 34.8 Å². The van der Waals surface area contributed by atoms with Crippen molar-refractivity contribution in [2.45, 2.75) is 74.6 Å². The highest BCUT2D eigenvalue weighted by Crippen LogP contribution is 2.46. The van der Waals surface area contributed by atoms with Gasteiger partial charge in [0, 0.05) is 0 Å². The molecule has 0 aromatic heterocycles. The fourth-order valence-corrected chi connectivity index (χ4v) is 5.15. The van der Waals surface area contributed by atoms with Crippen molar-refractivity contribution in [3.05, 3.63) is 71.8 Å². The van der Waals surface area contributed by atoms with E-state index in [0.29, 0.717) is 18.9 Å². The van der Waals surface area contributed by atoms with Crippen molar-refractivity contribution < 1.29 is 4.74 Å². The zero-order chi connectivity index (χ0) is 22.2. The molecule has 4 heteroatoms. The van der Waals surface area contributed by atoms with Gasteiger partial charge in [0.15, 0.2) is 3.79 Å². The molecule has 0 amide bonds. The van der Waals surface area contributed by atoms with Gasteiger partial charge in [-0.05, 0) is 61.0 Å². The van der Waals surface area contributed by atoms with E-state index in [4.69, 9.17) is 39.5 Å². The highest BCUT2D eigenvalue weighted by Gasteiger charge is 2.38. The lowest BCUT2D eigenvalue weighted by atomic mass is 9.68. The Bertz CT molecular complexity index is 753. The van der Waals surface area contributed by atoms with Crippen LogP contribution < -0.4 is 0 Å². The quantitative estimate of drug-likeness (QED) is 0.307. The van der Waals surface area contributed by atoms with Crippen LogP contribution in [0.5, 0.6) is 0 Å². The summed E-state index contributed by atoms with van der Waals surface area (Å²) in [6.45, 7) is 3.05. The van der Waals surface area contributed by atoms with E-state index in [1.54, 1.807) is 0 Å². The van der Waals surface area contributed by atoms with Crippen LogP contribution in [0.3, 0.4) is 0 Å². The first-order chi connectivity index (χ1) is 14.9. The largest absolute Gasteiger partial charge is 0.373 e. The molecule has 1 aliphatic carbocycles. The fraction of sp³-hybridized carbons (Fsp3) is 0.556. The summed E-state index contributed by atoms with van der Waals surface area (Å²) in [6.07, 6.45) is 9.88. The first-order valence-electron chi connectivity index (χ1n) is 11.6. The minimum atomic E-state index is -1.21. The zero-order valence-electron chi connectivity index (χ0n) is 18.5. The van der Waals surface area contributed by atoms with E-state index < -0.39 is 3.79 Å². The van der Waals surface area contributed by atoms with Crippen molar-refractivity contribution in [3.63, 3.8) is 0 Å². The van der Waals surface area contributed by atoms with Crippen LogP contribution in [-0.4, -0.2) is 10.4 Å². The lowest BCUT2D eigenvalue weighted by Gasteiger charge is -2.41. The van der Waals surface area contributed by atoms with Crippen LogP contribution in [0.25, 0.3) is 0 Å². The minimum absolute atomic E-state index is 0.0180. The number of hydrogen-bond donors (Lipinski definition) is 0. The van der Waals surface area contributed by atoms with Crippen LogP contribution in [0.1, 0.15) is 75.5 Å². The number of rotatable bonds is 10. The van der Waals surface area contributed by atoms with E-state index in [1.165, 1.54) is 43.2 Å². The Morgan fingerprint density at radius 2 is 1.48 bits per heavy atom. The highest BCUT2D eigenvalue weighted by molar-refractivity contribution is 6.67. The lowest BCUT2D eigenvalue weighted by molar-refractivity contribution is -0.0438. The van der Waals surface area contributed by atoms with Gasteiger partial charge in [-0.1, -0.05) is 122 Å². The summed E-state index contributed by atoms with van der Waals surface area (Å²) in [5, 5.41) is 0. The molecule has 1 nitrogen and oxygen atoms in total. The third-order valence-electron chi connectivity index (χ3n) is 6.89. The first kappa shape index (κ1) is 24.9. The molecule has 0 bridgehead atoms. The maximum Gasteiger partial charge on any atom is 0.190 e. The number of ether oxygens (including phenoxy) is 1. The molecule has 1 fully saturated rings. The van der Waals surface area contributed by atoms with Crippen molar-refractivity contribution in [2.24, 2.45) is 11.3 Å². The Kier molecular flexibility index (Phi) is 9.59. The van der Waals surface area contributed by atoms with Gasteiger partial charge in [-0.25, -0.2) is 0 Å². The van der Waals surface area contributed by atoms with Gasteiger partial charge in [0.1, 0.15) is 0 Å². The molecule has 2 unspecified atom stereocenters. The molecule has 2 aromatic carbocycles. The average molecular weight is 482 g/mol. The molecule has 1 saturated carbocycles. The molecule has 170 valence electrons. The average Bonchev–Trinajstić information content (AvgIpc) is 2.79. The van der Waals surface area contributed by atoms with Crippen LogP contribution in [-0.2, 0) is 11.2 Å². The standard InChI is InChI=1S/C27H35Cl3O/c1-26(19-20-27(28,29)30,24-15-9-4-10-16-24)21-31-25(23-13-7-3-8-14-23)18-17-22-11-5-2-6-12-22/h2-3,5-8,11-14,24-25H,4,9-10,15-21H2,1H3. The van der Waals surface area contributed by atoms with Gasteiger partial charge < -0.3 is 4.74 Å². The van der Waals surface area contributed by atoms with Crippen LogP contribution >= 0.6 is 34.8 Å². The maximum atomic E-state index is 6.70. The molecule has 1 aliphatic rings. The second kappa shape index (κ2) is 11.9. The first-order valence-corrected chi connectivity index (χ1v) is 12.8. The molecule has 0 aliphatic heterocycles. The van der Waals surface area contributed by atoms with Crippen molar-refractivity contribution in [1.82, 2.24) is 0 Å². The van der Waals surface area contributed by atoms with Crippen molar-refractivity contribution in [2.75, 3.05) is 6.61 Å². The fourth-order valence-electron chi connectivity index (χ4n) is 4.87. The summed E-state index contributed by atoms with van der Waals surface area (Å²) >= 11 is 18.4. The van der Waals surface area contributed by atoms with Crippen LogP contribution in [0, 0.1) is 11.3 Å². The summed E-state index contributed by atoms with van der Waals surface area (Å²) in [4.78, 5) is 0. The second-order valence-electron chi connectivity index (χ2n) is 9.34. The van der Waals surface area contributed by atoms with Gasteiger partial charge in [-0.2, -0.15) is 0 Å². The number of benzene rings is 2. The highest BCUT2D eigenvalue weighted by atomic mass is 35.6. The van der Waals surface area contributed by atoms with E-state index in [1.807, 2.05) is 0 Å². The van der Waals surface area contributed by atoms with Crippen LogP contribution in [0.15, 0.2) is 60.7 Å². The summed E-state index contributed by atoms with van der Waals surface area (Å²) in [7, 11) is 0. The van der Waals surface area contributed by atoms with Crippen LogP contribution in [0.4, 0.5) is 0 Å². The number of halogens is 3. The summed E-state index contributed by atoms with van der Waals surface area (Å²) in [5.74, 6) is 0.624. The van der Waals surface area contributed by atoms with Gasteiger partial charge >= 0.3 is 0 Å². The van der Waals surface area contributed by atoms with Crippen LogP contribution in [0.2, 0.25) is 0 Å². The number of alkyl halides is 3. The summed E-state index contributed by atoms with van der Waals surface area (Å²) in [6, 6.07) is 21.2. The zero-order valence-corrected chi connectivity index (χ0v) is 20.8. The third kappa shape index (κ3) is 8.28. The molecule has 2 aromatic rings. The number of aryl methyl sites for hydroxylation is 1. The minimum Gasteiger partial charge on any atom is -0.373 e. The smallest absolute Gasteiger partial charge is 0.190 e. The van der Waals surface area contributed by atoms with Gasteiger partial charge in [0.25, 0.3) is 0 Å². The molecule has 0 saturated heterocycles. The Hall–Kier alpha value is -0.730. The maximum absolute atomic E-state index is 6.70. The summed E-state index contributed by atoms with van der Waals surface area (Å²) in [5.41, 5.74) is 2.61. The monoisotopic (exact) mass is 480 g/mol. The van der Waals surface area contributed by atoms with E-state index in [-0.39, 0.29) is 11.5 Å². The normalized spacial score (nSPS) is 18.5. The lowest BCUT2D eigenvalue weighted by Crippen LogP contribution is -2.35.